The molecule has 114 valence electrons. The fourth-order valence-electron chi connectivity index (χ4n) is 2.02. The van der Waals surface area contributed by atoms with Gasteiger partial charge in [-0.05, 0) is 48.9 Å². The molecule has 0 atom stereocenters. The number of aromatic amines is 1. The lowest BCUT2D eigenvalue weighted by molar-refractivity contribution is 0.601. The lowest BCUT2D eigenvalue weighted by Crippen LogP contribution is -2.12. The standard InChI is InChI=1S/C14H11BrN2O3S2/c1-8-6-9(2-4-11(8)15)17-22(19,20)10-3-5-12-13(7-10)21-14(18)16-12/h2-7,17H,1H3,(H,16,18). The van der Waals surface area contributed by atoms with Gasteiger partial charge < -0.3 is 4.98 Å². The molecule has 2 N–H and O–H groups in total. The molecule has 5 nitrogen and oxygen atoms in total. The van der Waals surface area contributed by atoms with Crippen molar-refractivity contribution >= 4 is 53.2 Å². The van der Waals surface area contributed by atoms with E-state index in [2.05, 4.69) is 25.6 Å². The summed E-state index contributed by atoms with van der Waals surface area (Å²) in [5.41, 5.74) is 2.05. The van der Waals surface area contributed by atoms with E-state index in [1.165, 1.54) is 12.1 Å². The summed E-state index contributed by atoms with van der Waals surface area (Å²) in [5.74, 6) is 0. The van der Waals surface area contributed by atoms with Crippen LogP contribution in [-0.2, 0) is 10.0 Å². The number of hydrogen-bond acceptors (Lipinski definition) is 4. The van der Waals surface area contributed by atoms with E-state index in [0.29, 0.717) is 15.9 Å². The van der Waals surface area contributed by atoms with Crippen molar-refractivity contribution in [2.75, 3.05) is 4.72 Å². The summed E-state index contributed by atoms with van der Waals surface area (Å²) in [6.45, 7) is 1.88. The highest BCUT2D eigenvalue weighted by Crippen LogP contribution is 2.24. The molecule has 2 aromatic carbocycles. The van der Waals surface area contributed by atoms with Crippen LogP contribution in [0.5, 0.6) is 0 Å². The van der Waals surface area contributed by atoms with Crippen molar-refractivity contribution in [1.82, 2.24) is 4.98 Å². The molecular formula is C14H11BrN2O3S2. The van der Waals surface area contributed by atoms with Crippen LogP contribution in [0.3, 0.4) is 0 Å². The number of nitrogens with one attached hydrogen (secondary N) is 2. The second-order valence-corrected chi connectivity index (χ2v) is 8.29. The van der Waals surface area contributed by atoms with Crippen molar-refractivity contribution in [3.63, 3.8) is 0 Å². The Hall–Kier alpha value is -1.64. The summed E-state index contributed by atoms with van der Waals surface area (Å²) in [6.07, 6.45) is 0. The smallest absolute Gasteiger partial charge is 0.305 e. The zero-order chi connectivity index (χ0) is 15.9. The van der Waals surface area contributed by atoms with Crippen molar-refractivity contribution in [3.8, 4) is 0 Å². The molecule has 0 amide bonds. The first-order chi connectivity index (χ1) is 10.3. The quantitative estimate of drug-likeness (QED) is 0.708. The number of sulfonamides is 1. The molecular weight excluding hydrogens is 388 g/mol. The van der Waals surface area contributed by atoms with E-state index < -0.39 is 10.0 Å². The van der Waals surface area contributed by atoms with Gasteiger partial charge in [-0.1, -0.05) is 27.3 Å². The van der Waals surface area contributed by atoms with E-state index in [1.807, 2.05) is 6.92 Å². The Balaban J connectivity index is 1.99. The zero-order valence-corrected chi connectivity index (χ0v) is 14.6. The van der Waals surface area contributed by atoms with Gasteiger partial charge in [-0.3, -0.25) is 9.52 Å². The number of benzene rings is 2. The predicted octanol–water partition coefficient (Wildman–Crippen LogP) is 3.46. The van der Waals surface area contributed by atoms with Crippen LogP contribution < -0.4 is 9.60 Å². The predicted molar refractivity (Wildman–Crippen MR) is 92.1 cm³/mol. The van der Waals surface area contributed by atoms with Gasteiger partial charge in [0.2, 0.25) is 0 Å². The van der Waals surface area contributed by atoms with Crippen molar-refractivity contribution < 1.29 is 8.42 Å². The zero-order valence-electron chi connectivity index (χ0n) is 11.4. The molecule has 22 heavy (non-hydrogen) atoms. The first-order valence-corrected chi connectivity index (χ1v) is 9.36. The van der Waals surface area contributed by atoms with Crippen molar-refractivity contribution in [1.29, 1.82) is 0 Å². The number of aromatic nitrogens is 1. The minimum absolute atomic E-state index is 0.121. The van der Waals surface area contributed by atoms with Gasteiger partial charge in [0.15, 0.2) is 0 Å². The molecule has 0 radical (unpaired) electrons. The maximum absolute atomic E-state index is 12.4. The topological polar surface area (TPSA) is 79.0 Å². The number of anilines is 1. The van der Waals surface area contributed by atoms with E-state index >= 15 is 0 Å². The van der Waals surface area contributed by atoms with Crippen LogP contribution in [0.1, 0.15) is 5.56 Å². The monoisotopic (exact) mass is 398 g/mol. The highest BCUT2D eigenvalue weighted by molar-refractivity contribution is 9.10. The van der Waals surface area contributed by atoms with E-state index in [-0.39, 0.29) is 9.77 Å². The summed E-state index contributed by atoms with van der Waals surface area (Å²) in [5, 5.41) is 0. The van der Waals surface area contributed by atoms with Gasteiger partial charge in [0, 0.05) is 10.2 Å². The van der Waals surface area contributed by atoms with Gasteiger partial charge >= 0.3 is 4.87 Å². The average Bonchev–Trinajstić information content (AvgIpc) is 2.81. The molecule has 3 aromatic rings. The number of halogens is 1. The van der Waals surface area contributed by atoms with Crippen LogP contribution in [0.2, 0.25) is 0 Å². The molecule has 0 bridgehead atoms. The molecule has 1 heterocycles. The van der Waals surface area contributed by atoms with Crippen LogP contribution in [0, 0.1) is 6.92 Å². The Morgan fingerprint density at radius 2 is 1.95 bits per heavy atom. The van der Waals surface area contributed by atoms with Crippen molar-refractivity contribution in [3.05, 3.63) is 56.1 Å². The van der Waals surface area contributed by atoms with Gasteiger partial charge in [-0.25, -0.2) is 8.42 Å². The number of hydrogen-bond donors (Lipinski definition) is 2. The molecule has 3 rings (SSSR count). The molecule has 0 fully saturated rings. The van der Waals surface area contributed by atoms with Crippen LogP contribution in [0.15, 0.2) is 50.6 Å². The van der Waals surface area contributed by atoms with Gasteiger partial charge in [0.1, 0.15) is 0 Å². The van der Waals surface area contributed by atoms with Crippen molar-refractivity contribution in [2.45, 2.75) is 11.8 Å². The molecule has 0 aliphatic heterocycles. The molecule has 0 unspecified atom stereocenters. The summed E-state index contributed by atoms with van der Waals surface area (Å²) < 4.78 is 28.9. The molecule has 8 heteroatoms. The lowest BCUT2D eigenvalue weighted by Gasteiger charge is -2.09. The summed E-state index contributed by atoms with van der Waals surface area (Å²) in [7, 11) is -3.70. The second-order valence-electron chi connectivity index (χ2n) is 4.74. The Morgan fingerprint density at radius 1 is 1.18 bits per heavy atom. The SMILES string of the molecule is Cc1cc(NS(=O)(=O)c2ccc3[nH]c(=O)sc3c2)ccc1Br. The van der Waals surface area contributed by atoms with Crippen LogP contribution in [0.25, 0.3) is 10.2 Å². The third kappa shape index (κ3) is 2.94. The number of fused-ring (bicyclic) bond motifs is 1. The number of rotatable bonds is 3. The van der Waals surface area contributed by atoms with E-state index in [4.69, 9.17) is 0 Å². The van der Waals surface area contributed by atoms with Gasteiger partial charge in [0.05, 0.1) is 15.1 Å². The first kappa shape index (κ1) is 15.3. The molecule has 1 aromatic heterocycles. The van der Waals surface area contributed by atoms with E-state index in [9.17, 15) is 13.2 Å². The van der Waals surface area contributed by atoms with Gasteiger partial charge in [-0.2, -0.15) is 0 Å². The molecule has 0 aliphatic rings. The number of thiazole rings is 1. The fraction of sp³-hybridized carbons (Fsp3) is 0.0714. The van der Waals surface area contributed by atoms with Gasteiger partial charge in [0.25, 0.3) is 10.0 Å². The summed E-state index contributed by atoms with van der Waals surface area (Å²) >= 11 is 4.36. The van der Waals surface area contributed by atoms with Crippen molar-refractivity contribution in [2.24, 2.45) is 0 Å². The highest BCUT2D eigenvalue weighted by atomic mass is 79.9. The second kappa shape index (κ2) is 5.53. The molecule has 0 saturated carbocycles. The third-order valence-electron chi connectivity index (χ3n) is 3.11. The van der Waals surface area contributed by atoms with Gasteiger partial charge in [-0.15, -0.1) is 0 Å². The third-order valence-corrected chi connectivity index (χ3v) is 6.23. The fourth-order valence-corrected chi connectivity index (χ4v) is 4.19. The Bertz CT molecular complexity index is 1020. The first-order valence-electron chi connectivity index (χ1n) is 6.27. The van der Waals surface area contributed by atoms with Crippen LogP contribution in [0.4, 0.5) is 5.69 Å². The normalized spacial score (nSPS) is 11.7. The van der Waals surface area contributed by atoms with E-state index in [0.717, 1.165) is 21.4 Å². The minimum Gasteiger partial charge on any atom is -0.312 e. The van der Waals surface area contributed by atoms with Crippen LogP contribution >= 0.6 is 27.3 Å². The summed E-state index contributed by atoms with van der Waals surface area (Å²) in [6, 6.07) is 9.77. The number of aryl methyl sites for hydroxylation is 1. The maximum atomic E-state index is 12.4. The summed E-state index contributed by atoms with van der Waals surface area (Å²) in [4.78, 5) is 13.9. The van der Waals surface area contributed by atoms with Crippen LogP contribution in [-0.4, -0.2) is 13.4 Å². The lowest BCUT2D eigenvalue weighted by atomic mass is 10.2. The largest absolute Gasteiger partial charge is 0.312 e. The van der Waals surface area contributed by atoms with E-state index in [1.54, 1.807) is 24.3 Å². The molecule has 0 spiro atoms. The Kier molecular flexibility index (Phi) is 3.84. The minimum atomic E-state index is -3.70. The Morgan fingerprint density at radius 3 is 2.68 bits per heavy atom. The number of H-pyrrole nitrogens is 1. The molecule has 0 aliphatic carbocycles. The molecule has 0 saturated heterocycles. The Labute approximate surface area is 139 Å². The average molecular weight is 399 g/mol. The maximum Gasteiger partial charge on any atom is 0.305 e. The highest BCUT2D eigenvalue weighted by Gasteiger charge is 2.16.